The van der Waals surface area contributed by atoms with Gasteiger partial charge in [-0.05, 0) is 48.9 Å². The second kappa shape index (κ2) is 7.93. The highest BCUT2D eigenvalue weighted by Crippen LogP contribution is 2.34. The van der Waals surface area contributed by atoms with Crippen molar-refractivity contribution in [3.63, 3.8) is 0 Å². The molecule has 6 heteroatoms. The molecule has 0 aliphatic carbocycles. The number of hydrogen-bond donors (Lipinski definition) is 0. The van der Waals surface area contributed by atoms with E-state index in [0.717, 1.165) is 28.6 Å². The Morgan fingerprint density at radius 1 is 1.38 bits per heavy atom. The highest BCUT2D eigenvalue weighted by molar-refractivity contribution is 8.18. The fraction of sp³-hybridized carbons (Fsp3) is 0.333. The number of ether oxygens (including phenoxy) is 2. The van der Waals surface area contributed by atoms with Crippen LogP contribution in [-0.4, -0.2) is 35.8 Å². The molecule has 1 aliphatic rings. The molecule has 1 aliphatic heterocycles. The van der Waals surface area contributed by atoms with E-state index in [1.54, 1.807) is 25.3 Å². The van der Waals surface area contributed by atoms with Crippen molar-refractivity contribution in [1.82, 2.24) is 4.90 Å². The molecular weight excluding hydrogens is 326 g/mol. The molecule has 2 rings (SSSR count). The summed E-state index contributed by atoms with van der Waals surface area (Å²) in [4.78, 5) is 25.4. The van der Waals surface area contributed by atoms with Crippen LogP contribution < -0.4 is 9.47 Å². The summed E-state index contributed by atoms with van der Waals surface area (Å²) in [5, 5.41) is -0.354. The molecule has 1 aromatic carbocycles. The highest BCUT2D eigenvalue weighted by atomic mass is 32.2. The third kappa shape index (κ3) is 3.92. The van der Waals surface area contributed by atoms with Crippen molar-refractivity contribution in [2.45, 2.75) is 26.4 Å². The lowest BCUT2D eigenvalue weighted by Crippen LogP contribution is -2.28. The van der Waals surface area contributed by atoms with Crippen molar-refractivity contribution in [1.29, 1.82) is 0 Å². The zero-order valence-corrected chi connectivity index (χ0v) is 14.7. The number of carbonyl (C=O) groups is 2. The number of terminal acetylenes is 1. The van der Waals surface area contributed by atoms with Crippen LogP contribution in [-0.2, 0) is 4.79 Å². The normalized spacial score (nSPS) is 17.1. The highest BCUT2D eigenvalue weighted by Gasteiger charge is 2.34. The number of methoxy groups -OCH3 is 1. The largest absolute Gasteiger partial charge is 0.493 e. The number of thioether (sulfide) groups is 1. The van der Waals surface area contributed by atoms with Gasteiger partial charge in [0.15, 0.2) is 11.5 Å². The van der Waals surface area contributed by atoms with Crippen molar-refractivity contribution in [3.05, 3.63) is 28.7 Å². The summed E-state index contributed by atoms with van der Waals surface area (Å²) in [6.45, 7) is 4.00. The van der Waals surface area contributed by atoms with Crippen LogP contribution in [0.2, 0.25) is 0 Å². The van der Waals surface area contributed by atoms with E-state index >= 15 is 0 Å². The van der Waals surface area contributed by atoms with Crippen molar-refractivity contribution in [2.75, 3.05) is 13.7 Å². The first-order valence-electron chi connectivity index (χ1n) is 7.53. The summed E-state index contributed by atoms with van der Waals surface area (Å²) in [7, 11) is 1.56. The second-order valence-corrected chi connectivity index (χ2v) is 6.21. The van der Waals surface area contributed by atoms with Gasteiger partial charge in [0.1, 0.15) is 0 Å². The number of nitrogens with zero attached hydrogens (tertiary/aromatic N) is 1. The lowest BCUT2D eigenvalue weighted by molar-refractivity contribution is -0.122. The molecule has 0 saturated carbocycles. The van der Waals surface area contributed by atoms with Crippen LogP contribution >= 0.6 is 11.8 Å². The Morgan fingerprint density at radius 2 is 2.12 bits per heavy atom. The number of imide groups is 1. The molecule has 126 valence electrons. The topological polar surface area (TPSA) is 55.8 Å². The van der Waals surface area contributed by atoms with Gasteiger partial charge in [-0.15, -0.1) is 6.42 Å². The SMILES string of the molecule is C#CCN1C(=O)S/C(=C/c2ccc(OC(C)CC)c(OC)c2)C1=O. The van der Waals surface area contributed by atoms with Crippen molar-refractivity contribution in [2.24, 2.45) is 0 Å². The zero-order chi connectivity index (χ0) is 17.7. The Balaban J connectivity index is 2.26. The molecule has 0 radical (unpaired) electrons. The van der Waals surface area contributed by atoms with Gasteiger partial charge >= 0.3 is 0 Å². The second-order valence-electron chi connectivity index (χ2n) is 5.22. The van der Waals surface area contributed by atoms with Gasteiger partial charge in [-0.2, -0.15) is 0 Å². The average molecular weight is 345 g/mol. The number of benzene rings is 1. The Labute approximate surface area is 146 Å². The van der Waals surface area contributed by atoms with Crippen LogP contribution in [0.1, 0.15) is 25.8 Å². The number of hydrogen-bond acceptors (Lipinski definition) is 5. The van der Waals surface area contributed by atoms with Crippen LogP contribution in [0.25, 0.3) is 6.08 Å². The molecule has 24 heavy (non-hydrogen) atoms. The quantitative estimate of drug-likeness (QED) is 0.583. The van der Waals surface area contributed by atoms with E-state index in [1.807, 2.05) is 19.9 Å². The zero-order valence-electron chi connectivity index (χ0n) is 13.9. The van der Waals surface area contributed by atoms with E-state index in [-0.39, 0.29) is 23.8 Å². The molecule has 0 bridgehead atoms. The van der Waals surface area contributed by atoms with Gasteiger partial charge in [0, 0.05) is 0 Å². The van der Waals surface area contributed by atoms with Gasteiger partial charge < -0.3 is 9.47 Å². The minimum atomic E-state index is -0.373. The Morgan fingerprint density at radius 3 is 2.75 bits per heavy atom. The maximum Gasteiger partial charge on any atom is 0.294 e. The number of carbonyl (C=O) groups excluding carboxylic acids is 2. The van der Waals surface area contributed by atoms with E-state index in [0.29, 0.717) is 16.4 Å². The smallest absolute Gasteiger partial charge is 0.294 e. The molecule has 1 heterocycles. The summed E-state index contributed by atoms with van der Waals surface area (Å²) in [5.41, 5.74) is 0.745. The van der Waals surface area contributed by atoms with Gasteiger partial charge in [0.05, 0.1) is 24.7 Å². The summed E-state index contributed by atoms with van der Waals surface area (Å²) < 4.78 is 11.1. The van der Waals surface area contributed by atoms with Crippen LogP contribution in [0.4, 0.5) is 4.79 Å². The predicted octanol–water partition coefficient (Wildman–Crippen LogP) is 3.54. The standard InChI is InChI=1S/C18H19NO4S/c1-5-9-19-17(20)16(24-18(19)21)11-13-7-8-14(15(10-13)22-4)23-12(3)6-2/h1,7-8,10-12H,6,9H2,2-4H3/b16-11+. The summed E-state index contributed by atoms with van der Waals surface area (Å²) in [6, 6.07) is 5.38. The first kappa shape index (κ1) is 18.0. The van der Waals surface area contributed by atoms with Crippen LogP contribution in [0.15, 0.2) is 23.1 Å². The predicted molar refractivity (Wildman–Crippen MR) is 94.9 cm³/mol. The van der Waals surface area contributed by atoms with E-state index in [4.69, 9.17) is 15.9 Å². The van der Waals surface area contributed by atoms with E-state index in [1.165, 1.54) is 0 Å². The Hall–Kier alpha value is -2.39. The monoisotopic (exact) mass is 345 g/mol. The molecular formula is C18H19NO4S. The lowest BCUT2D eigenvalue weighted by Gasteiger charge is -2.15. The van der Waals surface area contributed by atoms with Crippen molar-refractivity contribution in [3.8, 4) is 23.8 Å². The molecule has 5 nitrogen and oxygen atoms in total. The third-order valence-electron chi connectivity index (χ3n) is 3.51. The third-order valence-corrected chi connectivity index (χ3v) is 4.42. The summed E-state index contributed by atoms with van der Waals surface area (Å²) >= 11 is 0.879. The van der Waals surface area contributed by atoms with E-state index < -0.39 is 0 Å². The van der Waals surface area contributed by atoms with Gasteiger partial charge in [-0.25, -0.2) is 0 Å². The molecule has 0 aromatic heterocycles. The van der Waals surface area contributed by atoms with Crippen LogP contribution in [0, 0.1) is 12.3 Å². The fourth-order valence-electron chi connectivity index (χ4n) is 2.05. The van der Waals surface area contributed by atoms with Gasteiger partial charge in [0.25, 0.3) is 11.1 Å². The Kier molecular flexibility index (Phi) is 5.93. The fourth-order valence-corrected chi connectivity index (χ4v) is 2.89. The molecule has 1 aromatic rings. The van der Waals surface area contributed by atoms with Crippen LogP contribution in [0.5, 0.6) is 11.5 Å². The maximum absolute atomic E-state index is 12.2. The van der Waals surface area contributed by atoms with Gasteiger partial charge in [-0.3, -0.25) is 14.5 Å². The first-order chi connectivity index (χ1) is 11.5. The molecule has 1 fully saturated rings. The Bertz CT molecular complexity index is 720. The number of rotatable bonds is 6. The molecule has 0 spiro atoms. The first-order valence-corrected chi connectivity index (χ1v) is 8.35. The van der Waals surface area contributed by atoms with E-state index in [2.05, 4.69) is 5.92 Å². The number of amides is 2. The summed E-state index contributed by atoms with van der Waals surface area (Å²) in [5.74, 6) is 3.16. The molecule has 1 saturated heterocycles. The van der Waals surface area contributed by atoms with Crippen LogP contribution in [0.3, 0.4) is 0 Å². The molecule has 0 N–H and O–H groups in total. The lowest BCUT2D eigenvalue weighted by atomic mass is 10.1. The molecule has 1 unspecified atom stereocenters. The average Bonchev–Trinajstić information content (AvgIpc) is 2.83. The van der Waals surface area contributed by atoms with Crippen molar-refractivity contribution < 1.29 is 19.1 Å². The maximum atomic E-state index is 12.2. The molecule has 2 amide bonds. The molecule has 1 atom stereocenters. The van der Waals surface area contributed by atoms with Gasteiger partial charge in [-0.1, -0.05) is 18.9 Å². The van der Waals surface area contributed by atoms with Gasteiger partial charge in [0.2, 0.25) is 0 Å². The minimum Gasteiger partial charge on any atom is -0.493 e. The minimum absolute atomic E-state index is 0.0208. The van der Waals surface area contributed by atoms with Crippen molar-refractivity contribution >= 4 is 29.0 Å². The van der Waals surface area contributed by atoms with E-state index in [9.17, 15) is 9.59 Å². The summed E-state index contributed by atoms with van der Waals surface area (Å²) in [6.07, 6.45) is 7.79.